The van der Waals surface area contributed by atoms with Gasteiger partial charge in [-0.05, 0) is 74.5 Å². The number of aromatic amines is 1. The number of aromatic nitrogens is 1. The summed E-state index contributed by atoms with van der Waals surface area (Å²) in [4.78, 5) is 6.05. The first kappa shape index (κ1) is 17.2. The summed E-state index contributed by atoms with van der Waals surface area (Å²) in [5.74, 6) is 1.66. The SMILES string of the molecule is CCOc1ccc(CCN2CCC(c3c[nH]c4ccccc34)CC2)cc1. The minimum absolute atomic E-state index is 0.688. The number of ether oxygens (including phenoxy) is 1. The summed E-state index contributed by atoms with van der Waals surface area (Å²) in [6, 6.07) is 17.2. The summed E-state index contributed by atoms with van der Waals surface area (Å²) >= 11 is 0. The predicted molar refractivity (Wildman–Crippen MR) is 108 cm³/mol. The van der Waals surface area contributed by atoms with Crippen LogP contribution in [0, 0.1) is 0 Å². The third-order valence-corrected chi connectivity index (χ3v) is 5.60. The van der Waals surface area contributed by atoms with Gasteiger partial charge in [0.15, 0.2) is 0 Å². The Morgan fingerprint density at radius 1 is 1.04 bits per heavy atom. The van der Waals surface area contributed by atoms with Gasteiger partial charge in [-0.1, -0.05) is 30.3 Å². The van der Waals surface area contributed by atoms with E-state index in [1.165, 1.54) is 48.0 Å². The Kier molecular flexibility index (Phi) is 5.26. The molecule has 0 saturated carbocycles. The standard InChI is InChI=1S/C23H28N2O/c1-2-26-20-9-7-18(8-10-20)11-14-25-15-12-19(13-16-25)22-17-24-23-6-4-3-5-21(22)23/h3-10,17,19,24H,2,11-16H2,1H3. The number of likely N-dealkylation sites (tertiary alicyclic amines) is 1. The number of hydrogen-bond acceptors (Lipinski definition) is 2. The van der Waals surface area contributed by atoms with Crippen LogP contribution < -0.4 is 4.74 Å². The molecule has 4 rings (SSSR count). The summed E-state index contributed by atoms with van der Waals surface area (Å²) in [7, 11) is 0. The first-order valence-corrected chi connectivity index (χ1v) is 9.83. The lowest BCUT2D eigenvalue weighted by Gasteiger charge is -2.32. The zero-order valence-electron chi connectivity index (χ0n) is 15.6. The number of para-hydroxylation sites is 1. The summed E-state index contributed by atoms with van der Waals surface area (Å²) < 4.78 is 5.52. The average molecular weight is 348 g/mol. The second-order valence-electron chi connectivity index (χ2n) is 7.23. The number of rotatable bonds is 6. The fraction of sp³-hybridized carbons (Fsp3) is 0.391. The molecule has 0 bridgehead atoms. The van der Waals surface area contributed by atoms with E-state index in [-0.39, 0.29) is 0 Å². The van der Waals surface area contributed by atoms with Gasteiger partial charge in [-0.25, -0.2) is 0 Å². The highest BCUT2D eigenvalue weighted by atomic mass is 16.5. The van der Waals surface area contributed by atoms with E-state index in [1.54, 1.807) is 0 Å². The van der Waals surface area contributed by atoms with Gasteiger partial charge in [-0.15, -0.1) is 0 Å². The summed E-state index contributed by atoms with van der Waals surface area (Å²) in [5, 5.41) is 1.40. The number of piperidine rings is 1. The Morgan fingerprint density at radius 3 is 2.58 bits per heavy atom. The van der Waals surface area contributed by atoms with E-state index < -0.39 is 0 Å². The van der Waals surface area contributed by atoms with Crippen LogP contribution in [-0.4, -0.2) is 36.1 Å². The van der Waals surface area contributed by atoms with Gasteiger partial charge in [0.1, 0.15) is 5.75 Å². The third-order valence-electron chi connectivity index (χ3n) is 5.60. The first-order valence-electron chi connectivity index (χ1n) is 9.83. The molecular formula is C23H28N2O. The molecule has 1 saturated heterocycles. The van der Waals surface area contributed by atoms with Crippen LogP contribution >= 0.6 is 0 Å². The van der Waals surface area contributed by atoms with Gasteiger partial charge in [0.2, 0.25) is 0 Å². The van der Waals surface area contributed by atoms with Gasteiger partial charge in [0.05, 0.1) is 6.61 Å². The molecule has 2 aromatic carbocycles. The van der Waals surface area contributed by atoms with Crippen LogP contribution in [0.2, 0.25) is 0 Å². The summed E-state index contributed by atoms with van der Waals surface area (Å²) in [6.45, 7) is 6.29. The van der Waals surface area contributed by atoms with Crippen molar-refractivity contribution in [1.82, 2.24) is 9.88 Å². The quantitative estimate of drug-likeness (QED) is 0.680. The molecule has 0 atom stereocenters. The second-order valence-corrected chi connectivity index (χ2v) is 7.23. The van der Waals surface area contributed by atoms with Gasteiger partial charge >= 0.3 is 0 Å². The monoisotopic (exact) mass is 348 g/mol. The largest absolute Gasteiger partial charge is 0.494 e. The van der Waals surface area contributed by atoms with Gasteiger partial charge in [0, 0.05) is 23.6 Å². The molecule has 3 nitrogen and oxygen atoms in total. The van der Waals surface area contributed by atoms with Crippen molar-refractivity contribution in [2.75, 3.05) is 26.2 Å². The van der Waals surface area contributed by atoms with Gasteiger partial charge in [-0.2, -0.15) is 0 Å². The van der Waals surface area contributed by atoms with Crippen molar-refractivity contribution in [3.8, 4) is 5.75 Å². The van der Waals surface area contributed by atoms with Crippen LogP contribution in [0.5, 0.6) is 5.75 Å². The fourth-order valence-electron chi connectivity index (χ4n) is 4.11. The number of hydrogen-bond donors (Lipinski definition) is 1. The molecule has 1 aliphatic heterocycles. The molecule has 0 radical (unpaired) electrons. The molecule has 0 spiro atoms. The molecule has 0 amide bonds. The van der Waals surface area contributed by atoms with Crippen LogP contribution in [0.15, 0.2) is 54.7 Å². The van der Waals surface area contributed by atoms with Crippen molar-refractivity contribution >= 4 is 10.9 Å². The van der Waals surface area contributed by atoms with Crippen LogP contribution in [0.3, 0.4) is 0 Å². The van der Waals surface area contributed by atoms with Crippen molar-refractivity contribution in [2.45, 2.75) is 32.1 Å². The highest BCUT2D eigenvalue weighted by molar-refractivity contribution is 5.83. The maximum atomic E-state index is 5.52. The highest BCUT2D eigenvalue weighted by Gasteiger charge is 2.22. The molecule has 1 N–H and O–H groups in total. The Morgan fingerprint density at radius 2 is 1.81 bits per heavy atom. The van der Waals surface area contributed by atoms with Crippen molar-refractivity contribution in [2.24, 2.45) is 0 Å². The van der Waals surface area contributed by atoms with E-state index in [2.05, 4.69) is 64.6 Å². The smallest absolute Gasteiger partial charge is 0.119 e. The van der Waals surface area contributed by atoms with Gasteiger partial charge < -0.3 is 14.6 Å². The molecule has 0 aliphatic carbocycles. The number of benzene rings is 2. The third kappa shape index (κ3) is 3.78. The predicted octanol–water partition coefficient (Wildman–Crippen LogP) is 4.99. The lowest BCUT2D eigenvalue weighted by atomic mass is 9.89. The van der Waals surface area contributed by atoms with Gasteiger partial charge in [0.25, 0.3) is 0 Å². The lowest BCUT2D eigenvalue weighted by Crippen LogP contribution is -2.34. The van der Waals surface area contributed by atoms with Crippen molar-refractivity contribution in [3.05, 3.63) is 65.9 Å². The van der Waals surface area contributed by atoms with E-state index in [0.717, 1.165) is 25.3 Å². The highest BCUT2D eigenvalue weighted by Crippen LogP contribution is 2.33. The minimum Gasteiger partial charge on any atom is -0.494 e. The molecule has 136 valence electrons. The zero-order chi connectivity index (χ0) is 17.8. The van der Waals surface area contributed by atoms with Gasteiger partial charge in [-0.3, -0.25) is 0 Å². The van der Waals surface area contributed by atoms with Crippen LogP contribution in [-0.2, 0) is 6.42 Å². The normalized spacial score (nSPS) is 16.2. The molecule has 3 heteroatoms. The lowest BCUT2D eigenvalue weighted by molar-refractivity contribution is 0.215. The van der Waals surface area contributed by atoms with E-state index in [1.807, 2.05) is 6.92 Å². The molecule has 1 aromatic heterocycles. The van der Waals surface area contributed by atoms with E-state index in [0.29, 0.717) is 5.92 Å². The topological polar surface area (TPSA) is 28.3 Å². The van der Waals surface area contributed by atoms with Crippen molar-refractivity contribution in [1.29, 1.82) is 0 Å². The zero-order valence-corrected chi connectivity index (χ0v) is 15.6. The van der Waals surface area contributed by atoms with Crippen molar-refractivity contribution in [3.63, 3.8) is 0 Å². The molecular weight excluding hydrogens is 320 g/mol. The Labute approximate surface area is 156 Å². The number of nitrogens with one attached hydrogen (secondary N) is 1. The fourth-order valence-corrected chi connectivity index (χ4v) is 4.11. The van der Waals surface area contributed by atoms with Crippen LogP contribution in [0.1, 0.15) is 36.8 Å². The molecule has 1 aliphatic rings. The maximum absolute atomic E-state index is 5.52. The van der Waals surface area contributed by atoms with E-state index >= 15 is 0 Å². The Hall–Kier alpha value is -2.26. The Balaban J connectivity index is 1.29. The van der Waals surface area contributed by atoms with Crippen molar-refractivity contribution < 1.29 is 4.74 Å². The number of nitrogens with zero attached hydrogens (tertiary/aromatic N) is 1. The number of fused-ring (bicyclic) bond motifs is 1. The minimum atomic E-state index is 0.688. The van der Waals surface area contributed by atoms with Crippen LogP contribution in [0.4, 0.5) is 0 Å². The maximum Gasteiger partial charge on any atom is 0.119 e. The Bertz CT molecular complexity index is 829. The molecule has 3 aromatic rings. The number of H-pyrrole nitrogens is 1. The second kappa shape index (κ2) is 7.96. The average Bonchev–Trinajstić information content (AvgIpc) is 3.12. The summed E-state index contributed by atoms with van der Waals surface area (Å²) in [5.41, 5.74) is 4.17. The summed E-state index contributed by atoms with van der Waals surface area (Å²) in [6.07, 6.45) is 5.85. The van der Waals surface area contributed by atoms with E-state index in [9.17, 15) is 0 Å². The molecule has 1 fully saturated rings. The molecule has 2 heterocycles. The van der Waals surface area contributed by atoms with E-state index in [4.69, 9.17) is 4.74 Å². The first-order chi connectivity index (χ1) is 12.8. The molecule has 26 heavy (non-hydrogen) atoms. The molecule has 0 unspecified atom stereocenters. The van der Waals surface area contributed by atoms with Crippen LogP contribution in [0.25, 0.3) is 10.9 Å².